The monoisotopic (exact) mass is 411 g/mol. The summed E-state index contributed by atoms with van der Waals surface area (Å²) in [6.45, 7) is 4.50. The highest BCUT2D eigenvalue weighted by molar-refractivity contribution is 6.30. The third-order valence-corrected chi connectivity index (χ3v) is 4.99. The summed E-state index contributed by atoms with van der Waals surface area (Å²) in [5, 5.41) is 6.09. The Bertz CT molecular complexity index is 910. The predicted molar refractivity (Wildman–Crippen MR) is 113 cm³/mol. The van der Waals surface area contributed by atoms with Crippen molar-refractivity contribution in [3.05, 3.63) is 77.3 Å². The third-order valence-electron chi connectivity index (χ3n) is 4.73. The van der Waals surface area contributed by atoms with Gasteiger partial charge in [-0.3, -0.25) is 14.4 Å². The van der Waals surface area contributed by atoms with Gasteiger partial charge in [-0.25, -0.2) is 0 Å². The van der Waals surface area contributed by atoms with Crippen LogP contribution in [0.15, 0.2) is 61.2 Å². The summed E-state index contributed by atoms with van der Waals surface area (Å²) in [5.41, 5.74) is 1.53. The molecular weight excluding hydrogens is 390 g/mol. The predicted octanol–water partition coefficient (Wildman–Crippen LogP) is 3.50. The molecule has 2 aromatic carbocycles. The quantitative estimate of drug-likeness (QED) is 0.714. The molecule has 0 radical (unpaired) electrons. The molecule has 0 spiro atoms. The van der Waals surface area contributed by atoms with E-state index >= 15 is 0 Å². The Morgan fingerprint density at radius 1 is 1.07 bits per heavy atom. The van der Waals surface area contributed by atoms with E-state index in [4.69, 9.17) is 11.6 Å². The molecule has 3 amide bonds. The van der Waals surface area contributed by atoms with Gasteiger partial charge in [0.25, 0.3) is 11.8 Å². The van der Waals surface area contributed by atoms with Crippen LogP contribution in [0, 0.1) is 0 Å². The number of hydrogen-bond donors (Lipinski definition) is 2. The Kier molecular flexibility index (Phi) is 6.67. The first-order valence-corrected chi connectivity index (χ1v) is 9.74. The van der Waals surface area contributed by atoms with Gasteiger partial charge in [-0.15, -0.1) is 6.58 Å². The topological polar surface area (TPSA) is 78.5 Å². The van der Waals surface area contributed by atoms with Gasteiger partial charge in [0.2, 0.25) is 5.91 Å². The van der Waals surface area contributed by atoms with E-state index in [9.17, 15) is 14.4 Å². The van der Waals surface area contributed by atoms with Crippen molar-refractivity contribution in [1.82, 2.24) is 10.2 Å². The minimum Gasteiger partial charge on any atom is -0.351 e. The number of likely N-dealkylation sites (tertiary alicyclic amines) is 1. The second-order valence-corrected chi connectivity index (χ2v) is 7.17. The molecule has 0 saturated carbocycles. The Hall–Kier alpha value is -3.12. The highest BCUT2D eigenvalue weighted by Gasteiger charge is 2.34. The van der Waals surface area contributed by atoms with Crippen molar-refractivity contribution in [2.24, 2.45) is 0 Å². The standard InChI is InChI=1S/C22H22ClN3O3/c1-2-13-24-21(28)19-4-3-14-26(19)22(29)16-7-11-18(12-8-16)25-20(27)15-5-9-17(23)10-6-15/h2,5-12,19H,1,3-4,13-14H2,(H,24,28)(H,25,27). The molecule has 1 heterocycles. The van der Waals surface area contributed by atoms with E-state index in [1.54, 1.807) is 59.5 Å². The summed E-state index contributed by atoms with van der Waals surface area (Å²) < 4.78 is 0. The van der Waals surface area contributed by atoms with Crippen molar-refractivity contribution in [3.8, 4) is 0 Å². The van der Waals surface area contributed by atoms with Crippen molar-refractivity contribution in [1.29, 1.82) is 0 Å². The first-order valence-electron chi connectivity index (χ1n) is 9.36. The normalized spacial score (nSPS) is 15.6. The van der Waals surface area contributed by atoms with Gasteiger partial charge in [-0.05, 0) is 61.4 Å². The molecule has 6 nitrogen and oxygen atoms in total. The fourth-order valence-electron chi connectivity index (χ4n) is 3.24. The minimum absolute atomic E-state index is 0.164. The molecule has 29 heavy (non-hydrogen) atoms. The Morgan fingerprint density at radius 3 is 2.38 bits per heavy atom. The molecular formula is C22H22ClN3O3. The molecule has 2 N–H and O–H groups in total. The van der Waals surface area contributed by atoms with Gasteiger partial charge in [0.05, 0.1) is 0 Å². The molecule has 3 rings (SSSR count). The van der Waals surface area contributed by atoms with Crippen LogP contribution in [-0.2, 0) is 4.79 Å². The molecule has 1 aliphatic rings. The second-order valence-electron chi connectivity index (χ2n) is 6.73. The number of rotatable bonds is 6. The van der Waals surface area contributed by atoms with Gasteiger partial charge in [-0.2, -0.15) is 0 Å². The highest BCUT2D eigenvalue weighted by Crippen LogP contribution is 2.21. The molecule has 0 aromatic heterocycles. The van der Waals surface area contributed by atoms with Crippen LogP contribution in [0.25, 0.3) is 0 Å². The van der Waals surface area contributed by atoms with Crippen LogP contribution in [0.1, 0.15) is 33.6 Å². The summed E-state index contributed by atoms with van der Waals surface area (Å²) in [4.78, 5) is 39.0. The van der Waals surface area contributed by atoms with Gasteiger partial charge < -0.3 is 15.5 Å². The minimum atomic E-state index is -0.466. The lowest BCUT2D eigenvalue weighted by molar-refractivity contribution is -0.124. The van der Waals surface area contributed by atoms with Crippen LogP contribution >= 0.6 is 11.6 Å². The third kappa shape index (κ3) is 5.03. The number of nitrogens with one attached hydrogen (secondary N) is 2. The summed E-state index contributed by atoms with van der Waals surface area (Å²) in [6, 6.07) is 12.8. The van der Waals surface area contributed by atoms with E-state index in [1.165, 1.54) is 0 Å². The molecule has 1 saturated heterocycles. The molecule has 0 bridgehead atoms. The van der Waals surface area contributed by atoms with Gasteiger partial charge in [0, 0.05) is 34.9 Å². The molecule has 1 aliphatic heterocycles. The van der Waals surface area contributed by atoms with Gasteiger partial charge in [0.15, 0.2) is 0 Å². The van der Waals surface area contributed by atoms with Crippen molar-refractivity contribution < 1.29 is 14.4 Å². The molecule has 1 fully saturated rings. The molecule has 150 valence electrons. The number of nitrogens with zero attached hydrogens (tertiary/aromatic N) is 1. The Morgan fingerprint density at radius 2 is 1.72 bits per heavy atom. The van der Waals surface area contributed by atoms with Crippen molar-refractivity contribution >= 4 is 35.0 Å². The summed E-state index contributed by atoms with van der Waals surface area (Å²) >= 11 is 5.84. The molecule has 1 atom stereocenters. The zero-order valence-corrected chi connectivity index (χ0v) is 16.6. The number of carbonyl (C=O) groups excluding carboxylic acids is 3. The van der Waals surface area contributed by atoms with Crippen LogP contribution in [0.4, 0.5) is 5.69 Å². The van der Waals surface area contributed by atoms with E-state index in [1.807, 2.05) is 0 Å². The summed E-state index contributed by atoms with van der Waals surface area (Å²) in [6.07, 6.45) is 3.03. The van der Waals surface area contributed by atoms with Crippen molar-refractivity contribution in [2.45, 2.75) is 18.9 Å². The zero-order chi connectivity index (χ0) is 20.8. The maximum atomic E-state index is 12.8. The second kappa shape index (κ2) is 9.39. The number of carbonyl (C=O) groups is 3. The maximum absolute atomic E-state index is 12.8. The number of benzene rings is 2. The molecule has 7 heteroatoms. The van der Waals surface area contributed by atoms with Gasteiger partial charge in [0.1, 0.15) is 6.04 Å². The Balaban J connectivity index is 1.65. The number of hydrogen-bond acceptors (Lipinski definition) is 3. The van der Waals surface area contributed by atoms with E-state index in [0.717, 1.165) is 6.42 Å². The average Bonchev–Trinajstić information content (AvgIpc) is 3.22. The molecule has 2 aromatic rings. The Labute approximate surface area is 174 Å². The summed E-state index contributed by atoms with van der Waals surface area (Å²) in [7, 11) is 0. The van der Waals surface area contributed by atoms with E-state index in [-0.39, 0.29) is 17.7 Å². The fraction of sp³-hybridized carbons (Fsp3) is 0.227. The lowest BCUT2D eigenvalue weighted by Gasteiger charge is -2.24. The lowest BCUT2D eigenvalue weighted by Crippen LogP contribution is -2.46. The van der Waals surface area contributed by atoms with Crippen LogP contribution in [0.2, 0.25) is 5.02 Å². The van der Waals surface area contributed by atoms with Gasteiger partial charge >= 0.3 is 0 Å². The van der Waals surface area contributed by atoms with Crippen LogP contribution in [0.3, 0.4) is 0 Å². The number of anilines is 1. The van der Waals surface area contributed by atoms with E-state index in [2.05, 4.69) is 17.2 Å². The maximum Gasteiger partial charge on any atom is 0.255 e. The van der Waals surface area contributed by atoms with Crippen LogP contribution in [-0.4, -0.2) is 41.8 Å². The van der Waals surface area contributed by atoms with Crippen molar-refractivity contribution in [2.75, 3.05) is 18.4 Å². The SMILES string of the molecule is C=CCNC(=O)C1CCCN1C(=O)c1ccc(NC(=O)c2ccc(Cl)cc2)cc1. The first kappa shape index (κ1) is 20.6. The fourth-order valence-corrected chi connectivity index (χ4v) is 3.37. The lowest BCUT2D eigenvalue weighted by atomic mass is 10.1. The number of amides is 3. The zero-order valence-electron chi connectivity index (χ0n) is 15.9. The first-order chi connectivity index (χ1) is 14.0. The van der Waals surface area contributed by atoms with Gasteiger partial charge in [-0.1, -0.05) is 17.7 Å². The van der Waals surface area contributed by atoms with E-state index in [0.29, 0.717) is 41.3 Å². The molecule has 1 unspecified atom stereocenters. The average molecular weight is 412 g/mol. The van der Waals surface area contributed by atoms with Crippen LogP contribution in [0.5, 0.6) is 0 Å². The molecule has 0 aliphatic carbocycles. The van der Waals surface area contributed by atoms with Crippen molar-refractivity contribution in [3.63, 3.8) is 0 Å². The smallest absolute Gasteiger partial charge is 0.255 e. The number of halogens is 1. The van der Waals surface area contributed by atoms with E-state index < -0.39 is 6.04 Å². The summed E-state index contributed by atoms with van der Waals surface area (Å²) in [5.74, 6) is -0.626. The highest BCUT2D eigenvalue weighted by atomic mass is 35.5. The largest absolute Gasteiger partial charge is 0.351 e. The van der Waals surface area contributed by atoms with Crippen LogP contribution < -0.4 is 10.6 Å².